The number of hydrogen-bond acceptors (Lipinski definition) is 5. The molecule has 4 rings (SSSR count). The highest BCUT2D eigenvalue weighted by Crippen LogP contribution is 2.33. The highest BCUT2D eigenvalue weighted by molar-refractivity contribution is 5.84. The first-order valence-corrected chi connectivity index (χ1v) is 10.6. The van der Waals surface area contributed by atoms with E-state index in [1.807, 2.05) is 75.2 Å². The monoisotopic (exact) mass is 413 g/mol. The fourth-order valence-corrected chi connectivity index (χ4v) is 4.09. The van der Waals surface area contributed by atoms with Gasteiger partial charge in [-0.3, -0.25) is 4.79 Å². The van der Waals surface area contributed by atoms with E-state index in [1.54, 1.807) is 6.07 Å². The van der Waals surface area contributed by atoms with E-state index >= 15 is 0 Å². The van der Waals surface area contributed by atoms with Gasteiger partial charge in [0.25, 0.3) is 0 Å². The van der Waals surface area contributed by atoms with Crippen LogP contribution in [0.15, 0.2) is 48.5 Å². The quantitative estimate of drug-likeness (QED) is 0.642. The molecule has 3 aromatic rings. The van der Waals surface area contributed by atoms with Gasteiger partial charge < -0.3 is 9.80 Å². The Labute approximate surface area is 183 Å². The van der Waals surface area contributed by atoms with Crippen molar-refractivity contribution in [1.29, 1.82) is 5.26 Å². The predicted molar refractivity (Wildman–Crippen MR) is 123 cm³/mol. The zero-order chi connectivity index (χ0) is 22.2. The molecule has 1 amide bonds. The number of anilines is 1. The first-order valence-electron chi connectivity index (χ1n) is 10.6. The third kappa shape index (κ3) is 4.09. The number of carbonyl (C=O) groups excluding carboxylic acids is 1. The van der Waals surface area contributed by atoms with Crippen LogP contribution in [0.1, 0.15) is 32.8 Å². The van der Waals surface area contributed by atoms with Crippen LogP contribution in [-0.4, -0.2) is 47.0 Å². The van der Waals surface area contributed by atoms with Crippen molar-refractivity contribution >= 4 is 22.8 Å². The molecule has 1 aliphatic heterocycles. The third-order valence-corrected chi connectivity index (χ3v) is 5.79. The maximum absolute atomic E-state index is 12.8. The minimum atomic E-state index is -0.409. The predicted octanol–water partition coefficient (Wildman–Crippen LogP) is 4.25. The molecule has 1 atom stereocenters. The summed E-state index contributed by atoms with van der Waals surface area (Å²) >= 11 is 0. The summed E-state index contributed by atoms with van der Waals surface area (Å²) in [6, 6.07) is 17.6. The minimum Gasteiger partial charge on any atom is -0.353 e. The van der Waals surface area contributed by atoms with Gasteiger partial charge in [0, 0.05) is 31.1 Å². The molecule has 1 fully saturated rings. The third-order valence-electron chi connectivity index (χ3n) is 5.79. The molecule has 1 saturated heterocycles. The van der Waals surface area contributed by atoms with Crippen molar-refractivity contribution in [3.63, 3.8) is 0 Å². The van der Waals surface area contributed by atoms with Crippen LogP contribution in [0.3, 0.4) is 0 Å². The van der Waals surface area contributed by atoms with E-state index in [-0.39, 0.29) is 11.9 Å². The molecule has 31 heavy (non-hydrogen) atoms. The number of carbonyl (C=O) groups is 1. The molecule has 0 unspecified atom stereocenters. The number of rotatable bonds is 3. The lowest BCUT2D eigenvalue weighted by Crippen LogP contribution is -2.44. The van der Waals surface area contributed by atoms with E-state index in [2.05, 4.69) is 11.0 Å². The zero-order valence-corrected chi connectivity index (χ0v) is 18.5. The van der Waals surface area contributed by atoms with Crippen LogP contribution in [0.5, 0.6) is 0 Å². The minimum absolute atomic E-state index is 0.123. The Morgan fingerprint density at radius 1 is 1.13 bits per heavy atom. The lowest BCUT2D eigenvalue weighted by molar-refractivity contribution is -0.139. The van der Waals surface area contributed by atoms with Gasteiger partial charge in [-0.1, -0.05) is 45.0 Å². The van der Waals surface area contributed by atoms with E-state index in [1.165, 1.54) is 0 Å². The Bertz CT molecular complexity index is 1170. The normalized spacial score (nSPS) is 16.4. The molecule has 0 spiro atoms. The second-order valence-electron chi connectivity index (χ2n) is 9.13. The van der Waals surface area contributed by atoms with Gasteiger partial charge in [0.15, 0.2) is 5.82 Å². The van der Waals surface area contributed by atoms with Gasteiger partial charge in [-0.25, -0.2) is 9.97 Å². The van der Waals surface area contributed by atoms with Gasteiger partial charge in [0.1, 0.15) is 5.69 Å². The van der Waals surface area contributed by atoms with Crippen molar-refractivity contribution in [2.24, 2.45) is 5.41 Å². The van der Waals surface area contributed by atoms with Crippen LogP contribution in [0.4, 0.5) is 5.82 Å². The van der Waals surface area contributed by atoms with Crippen LogP contribution < -0.4 is 4.90 Å². The number of likely N-dealkylation sites (N-methyl/N-ethyl adjacent to an activating group) is 1. The maximum Gasteiger partial charge on any atom is 0.228 e. The maximum atomic E-state index is 12.8. The molecule has 1 aromatic heterocycles. The van der Waals surface area contributed by atoms with Crippen molar-refractivity contribution in [3.05, 3.63) is 54.1 Å². The number of benzene rings is 2. The molecule has 6 heteroatoms. The summed E-state index contributed by atoms with van der Waals surface area (Å²) in [5.74, 6) is 0.943. The van der Waals surface area contributed by atoms with Crippen molar-refractivity contribution in [2.45, 2.75) is 33.2 Å². The summed E-state index contributed by atoms with van der Waals surface area (Å²) in [5, 5.41) is 9.34. The second-order valence-corrected chi connectivity index (χ2v) is 9.13. The molecule has 0 aliphatic carbocycles. The molecular weight excluding hydrogens is 386 g/mol. The number of para-hydroxylation sites is 2. The smallest absolute Gasteiger partial charge is 0.228 e. The molecule has 6 nitrogen and oxygen atoms in total. The lowest BCUT2D eigenvalue weighted by Gasteiger charge is -2.31. The van der Waals surface area contributed by atoms with Gasteiger partial charge >= 0.3 is 0 Å². The Morgan fingerprint density at radius 2 is 1.84 bits per heavy atom. The van der Waals surface area contributed by atoms with Crippen molar-refractivity contribution in [3.8, 4) is 17.3 Å². The summed E-state index contributed by atoms with van der Waals surface area (Å²) < 4.78 is 0. The zero-order valence-electron chi connectivity index (χ0n) is 18.5. The average Bonchev–Trinajstić information content (AvgIpc) is 3.26. The van der Waals surface area contributed by atoms with E-state index in [0.717, 1.165) is 41.1 Å². The Morgan fingerprint density at radius 3 is 2.52 bits per heavy atom. The van der Waals surface area contributed by atoms with Gasteiger partial charge in [-0.2, -0.15) is 5.26 Å². The molecule has 2 aromatic carbocycles. The second kappa shape index (κ2) is 7.99. The largest absolute Gasteiger partial charge is 0.353 e. The highest BCUT2D eigenvalue weighted by atomic mass is 16.2. The molecule has 0 bridgehead atoms. The first kappa shape index (κ1) is 20.8. The first-order chi connectivity index (χ1) is 14.8. The highest BCUT2D eigenvalue weighted by Gasteiger charge is 2.34. The number of hydrogen-bond donors (Lipinski definition) is 0. The summed E-state index contributed by atoms with van der Waals surface area (Å²) in [5.41, 5.74) is 3.47. The van der Waals surface area contributed by atoms with E-state index in [4.69, 9.17) is 9.97 Å². The molecule has 2 heterocycles. The summed E-state index contributed by atoms with van der Waals surface area (Å²) in [6.45, 7) is 7.36. The van der Waals surface area contributed by atoms with Crippen LogP contribution in [-0.2, 0) is 4.79 Å². The summed E-state index contributed by atoms with van der Waals surface area (Å²) in [4.78, 5) is 26.7. The van der Waals surface area contributed by atoms with Gasteiger partial charge in [0.2, 0.25) is 5.91 Å². The van der Waals surface area contributed by atoms with Gasteiger partial charge in [-0.15, -0.1) is 0 Å². The van der Waals surface area contributed by atoms with Crippen LogP contribution in [0, 0.1) is 16.7 Å². The summed E-state index contributed by atoms with van der Waals surface area (Å²) in [6.07, 6.45) is 0.879. The fourth-order valence-electron chi connectivity index (χ4n) is 4.09. The van der Waals surface area contributed by atoms with E-state index < -0.39 is 5.41 Å². The average molecular weight is 414 g/mol. The van der Waals surface area contributed by atoms with Crippen LogP contribution in [0.2, 0.25) is 0 Å². The Hall–Kier alpha value is -3.46. The Kier molecular flexibility index (Phi) is 5.36. The number of fused-ring (bicyclic) bond motifs is 1. The van der Waals surface area contributed by atoms with Crippen molar-refractivity contribution in [2.75, 3.05) is 25.0 Å². The molecule has 0 saturated carbocycles. The van der Waals surface area contributed by atoms with Crippen molar-refractivity contribution < 1.29 is 4.79 Å². The van der Waals surface area contributed by atoms with Crippen LogP contribution in [0.25, 0.3) is 22.3 Å². The standard InChI is InChI=1S/C25H27N5O/c1-25(2,3)24(31)29(4)19-12-13-30(16-19)23-22(18-9-7-8-17(14-18)15-26)27-20-10-5-6-11-21(20)28-23/h5-11,14,19H,12-13,16H2,1-4H3/t19-/m1/s1. The number of amides is 1. The SMILES string of the molecule is CN(C(=O)C(C)(C)C)[C@@H]1CCN(c2nc3ccccc3nc2-c2cccc(C#N)c2)C1. The lowest BCUT2D eigenvalue weighted by atomic mass is 9.94. The topological polar surface area (TPSA) is 73.1 Å². The van der Waals surface area contributed by atoms with Crippen LogP contribution >= 0.6 is 0 Å². The molecular formula is C25H27N5O. The van der Waals surface area contributed by atoms with Gasteiger partial charge in [0.05, 0.1) is 28.7 Å². The number of nitrogens with zero attached hydrogens (tertiary/aromatic N) is 5. The number of aromatic nitrogens is 2. The Balaban J connectivity index is 1.73. The summed E-state index contributed by atoms with van der Waals surface area (Å²) in [7, 11) is 1.89. The van der Waals surface area contributed by atoms with E-state index in [0.29, 0.717) is 12.1 Å². The molecule has 158 valence electrons. The molecule has 1 aliphatic rings. The van der Waals surface area contributed by atoms with Gasteiger partial charge in [-0.05, 0) is 30.7 Å². The molecule has 0 radical (unpaired) electrons. The number of nitriles is 1. The fraction of sp³-hybridized carbons (Fsp3) is 0.360. The molecule has 0 N–H and O–H groups in total. The van der Waals surface area contributed by atoms with E-state index in [9.17, 15) is 10.1 Å². The van der Waals surface area contributed by atoms with Crippen molar-refractivity contribution in [1.82, 2.24) is 14.9 Å².